The van der Waals surface area contributed by atoms with E-state index < -0.39 is 0 Å². The van der Waals surface area contributed by atoms with Crippen LogP contribution in [0.4, 0.5) is 4.79 Å². The van der Waals surface area contributed by atoms with E-state index in [4.69, 9.17) is 9.84 Å². The standard InChI is InChI=1S/C10H19NO3/c1-8(2)14-10(13)11(6-7-12)9-4-3-5-9/h8-9,12H,3-7H2,1-2H3. The molecule has 0 aromatic heterocycles. The minimum absolute atomic E-state index is 0.00367. The van der Waals surface area contributed by atoms with Crippen molar-refractivity contribution in [1.29, 1.82) is 0 Å². The van der Waals surface area contributed by atoms with E-state index in [9.17, 15) is 4.79 Å². The minimum Gasteiger partial charge on any atom is -0.447 e. The summed E-state index contributed by atoms with van der Waals surface area (Å²) in [5.74, 6) is 0. The van der Waals surface area contributed by atoms with E-state index in [0.717, 1.165) is 12.8 Å². The van der Waals surface area contributed by atoms with Crippen LogP contribution in [0, 0.1) is 0 Å². The lowest BCUT2D eigenvalue weighted by atomic mass is 9.92. The number of carbonyl (C=O) groups excluding carboxylic acids is 1. The van der Waals surface area contributed by atoms with Crippen molar-refractivity contribution in [2.75, 3.05) is 13.2 Å². The number of hydrogen-bond donors (Lipinski definition) is 1. The van der Waals surface area contributed by atoms with E-state index in [1.807, 2.05) is 13.8 Å². The summed E-state index contributed by atoms with van der Waals surface area (Å²) in [6, 6.07) is 0.286. The molecule has 0 aliphatic heterocycles. The van der Waals surface area contributed by atoms with Gasteiger partial charge in [0.25, 0.3) is 0 Å². The van der Waals surface area contributed by atoms with Gasteiger partial charge in [-0.2, -0.15) is 0 Å². The number of carbonyl (C=O) groups is 1. The highest BCUT2D eigenvalue weighted by atomic mass is 16.6. The summed E-state index contributed by atoms with van der Waals surface area (Å²) in [6.45, 7) is 4.05. The summed E-state index contributed by atoms with van der Waals surface area (Å²) < 4.78 is 5.10. The monoisotopic (exact) mass is 201 g/mol. The number of hydrogen-bond acceptors (Lipinski definition) is 3. The predicted octanol–water partition coefficient (Wildman–Crippen LogP) is 1.38. The van der Waals surface area contributed by atoms with Crippen LogP contribution in [0.15, 0.2) is 0 Å². The molecule has 0 aromatic carbocycles. The Morgan fingerprint density at radius 3 is 2.57 bits per heavy atom. The van der Waals surface area contributed by atoms with E-state index in [1.54, 1.807) is 4.90 Å². The molecule has 0 radical (unpaired) electrons. The first-order chi connectivity index (χ1) is 6.65. The van der Waals surface area contributed by atoms with Crippen LogP contribution in [0.25, 0.3) is 0 Å². The van der Waals surface area contributed by atoms with Gasteiger partial charge in [0, 0.05) is 12.6 Å². The zero-order valence-electron chi connectivity index (χ0n) is 8.90. The number of aliphatic hydroxyl groups is 1. The molecule has 0 aromatic rings. The Labute approximate surface area is 84.8 Å². The third kappa shape index (κ3) is 2.87. The smallest absolute Gasteiger partial charge is 0.410 e. The maximum absolute atomic E-state index is 11.6. The predicted molar refractivity (Wildman–Crippen MR) is 53.0 cm³/mol. The lowest BCUT2D eigenvalue weighted by molar-refractivity contribution is 0.0407. The molecule has 0 unspecified atom stereocenters. The topological polar surface area (TPSA) is 49.8 Å². The van der Waals surface area contributed by atoms with Gasteiger partial charge in [-0.1, -0.05) is 0 Å². The minimum atomic E-state index is -0.293. The summed E-state index contributed by atoms with van der Waals surface area (Å²) in [5.41, 5.74) is 0. The van der Waals surface area contributed by atoms with Crippen LogP contribution in [-0.4, -0.2) is 41.4 Å². The van der Waals surface area contributed by atoms with Gasteiger partial charge in [-0.15, -0.1) is 0 Å². The van der Waals surface area contributed by atoms with Crippen LogP contribution >= 0.6 is 0 Å². The molecule has 1 aliphatic rings. The SMILES string of the molecule is CC(C)OC(=O)N(CCO)C1CCC1. The van der Waals surface area contributed by atoms with Crippen molar-refractivity contribution in [3.63, 3.8) is 0 Å². The second kappa shape index (κ2) is 5.20. The molecule has 82 valence electrons. The zero-order chi connectivity index (χ0) is 10.6. The second-order valence-corrected chi connectivity index (χ2v) is 3.93. The Hall–Kier alpha value is -0.770. The van der Waals surface area contributed by atoms with Crippen LogP contribution in [0.1, 0.15) is 33.1 Å². The van der Waals surface area contributed by atoms with Gasteiger partial charge >= 0.3 is 6.09 Å². The average molecular weight is 201 g/mol. The molecule has 0 spiro atoms. The van der Waals surface area contributed by atoms with E-state index in [-0.39, 0.29) is 24.8 Å². The number of ether oxygens (including phenoxy) is 1. The molecule has 1 rings (SSSR count). The molecular formula is C10H19NO3. The van der Waals surface area contributed by atoms with Gasteiger partial charge in [-0.05, 0) is 33.1 Å². The summed E-state index contributed by atoms with van der Waals surface area (Å²) in [5, 5.41) is 8.84. The molecule has 0 saturated heterocycles. The fraction of sp³-hybridized carbons (Fsp3) is 0.900. The van der Waals surface area contributed by atoms with E-state index >= 15 is 0 Å². The first kappa shape index (κ1) is 11.3. The lowest BCUT2D eigenvalue weighted by Crippen LogP contribution is -2.46. The van der Waals surface area contributed by atoms with Crippen LogP contribution in [0.5, 0.6) is 0 Å². The summed E-state index contributed by atoms with van der Waals surface area (Å²) >= 11 is 0. The summed E-state index contributed by atoms with van der Waals surface area (Å²) in [4.78, 5) is 13.2. The Balaban J connectivity index is 2.43. The third-order valence-corrected chi connectivity index (χ3v) is 2.43. The van der Waals surface area contributed by atoms with Gasteiger partial charge in [0.1, 0.15) is 0 Å². The van der Waals surface area contributed by atoms with E-state index in [0.29, 0.717) is 6.54 Å². The lowest BCUT2D eigenvalue weighted by Gasteiger charge is -2.36. The molecule has 1 N–H and O–H groups in total. The number of nitrogens with zero attached hydrogens (tertiary/aromatic N) is 1. The van der Waals surface area contributed by atoms with E-state index in [2.05, 4.69) is 0 Å². The molecule has 1 fully saturated rings. The Kier molecular flexibility index (Phi) is 4.20. The average Bonchev–Trinajstić information content (AvgIpc) is 1.98. The van der Waals surface area contributed by atoms with Crippen LogP contribution in [-0.2, 0) is 4.74 Å². The normalized spacial score (nSPS) is 16.6. The molecular weight excluding hydrogens is 182 g/mol. The van der Waals surface area contributed by atoms with Crippen molar-refractivity contribution in [3.05, 3.63) is 0 Å². The molecule has 1 amide bonds. The second-order valence-electron chi connectivity index (χ2n) is 3.93. The van der Waals surface area contributed by atoms with Gasteiger partial charge in [0.2, 0.25) is 0 Å². The molecule has 14 heavy (non-hydrogen) atoms. The molecule has 4 heteroatoms. The van der Waals surface area contributed by atoms with Gasteiger partial charge < -0.3 is 14.7 Å². The molecule has 0 atom stereocenters. The van der Waals surface area contributed by atoms with Crippen molar-refractivity contribution in [1.82, 2.24) is 4.90 Å². The largest absolute Gasteiger partial charge is 0.447 e. The highest BCUT2D eigenvalue weighted by Crippen LogP contribution is 2.25. The number of aliphatic hydroxyl groups excluding tert-OH is 1. The van der Waals surface area contributed by atoms with Gasteiger partial charge in [0.15, 0.2) is 0 Å². The van der Waals surface area contributed by atoms with E-state index in [1.165, 1.54) is 6.42 Å². The molecule has 1 saturated carbocycles. The Morgan fingerprint density at radius 2 is 2.21 bits per heavy atom. The van der Waals surface area contributed by atoms with Gasteiger partial charge in [-0.3, -0.25) is 0 Å². The first-order valence-corrected chi connectivity index (χ1v) is 5.23. The molecule has 1 aliphatic carbocycles. The summed E-state index contributed by atoms with van der Waals surface area (Å²) in [6.07, 6.45) is 2.85. The van der Waals surface area contributed by atoms with Crippen molar-refractivity contribution in [2.45, 2.75) is 45.3 Å². The van der Waals surface area contributed by atoms with Crippen molar-refractivity contribution in [3.8, 4) is 0 Å². The number of rotatable bonds is 4. The van der Waals surface area contributed by atoms with Crippen molar-refractivity contribution < 1.29 is 14.6 Å². The molecule has 0 heterocycles. The van der Waals surface area contributed by atoms with Crippen molar-refractivity contribution >= 4 is 6.09 Å². The van der Waals surface area contributed by atoms with Crippen LogP contribution in [0.3, 0.4) is 0 Å². The summed E-state index contributed by atoms with van der Waals surface area (Å²) in [7, 11) is 0. The Morgan fingerprint density at radius 1 is 1.57 bits per heavy atom. The van der Waals surface area contributed by atoms with Crippen LogP contribution < -0.4 is 0 Å². The molecule has 4 nitrogen and oxygen atoms in total. The molecule has 0 bridgehead atoms. The fourth-order valence-electron chi connectivity index (χ4n) is 1.50. The zero-order valence-corrected chi connectivity index (χ0v) is 8.90. The van der Waals surface area contributed by atoms with Crippen molar-refractivity contribution in [2.24, 2.45) is 0 Å². The van der Waals surface area contributed by atoms with Gasteiger partial charge in [-0.25, -0.2) is 4.79 Å². The van der Waals surface area contributed by atoms with Gasteiger partial charge in [0.05, 0.1) is 12.7 Å². The maximum Gasteiger partial charge on any atom is 0.410 e. The highest BCUT2D eigenvalue weighted by Gasteiger charge is 2.29. The fourth-order valence-corrected chi connectivity index (χ4v) is 1.50. The quantitative estimate of drug-likeness (QED) is 0.747. The maximum atomic E-state index is 11.6. The van der Waals surface area contributed by atoms with Crippen LogP contribution in [0.2, 0.25) is 0 Å². The highest BCUT2D eigenvalue weighted by molar-refractivity contribution is 5.68. The third-order valence-electron chi connectivity index (χ3n) is 2.43. The first-order valence-electron chi connectivity index (χ1n) is 5.23. The number of amides is 1. The Bertz CT molecular complexity index is 190.